The summed E-state index contributed by atoms with van der Waals surface area (Å²) in [5.41, 5.74) is 3.89. The predicted molar refractivity (Wildman–Crippen MR) is 117 cm³/mol. The van der Waals surface area contributed by atoms with Gasteiger partial charge in [-0.05, 0) is 48.2 Å². The average molecular weight is 430 g/mol. The molecule has 4 nitrogen and oxygen atoms in total. The van der Waals surface area contributed by atoms with Gasteiger partial charge < -0.3 is 9.64 Å². The van der Waals surface area contributed by atoms with Gasteiger partial charge in [-0.1, -0.05) is 37.7 Å². The van der Waals surface area contributed by atoms with E-state index in [0.29, 0.717) is 31.7 Å². The summed E-state index contributed by atoms with van der Waals surface area (Å²) in [6.45, 7) is 9.86. The first kappa shape index (κ1) is 21.2. The average Bonchev–Trinajstić information content (AvgIpc) is 2.89. The van der Waals surface area contributed by atoms with E-state index in [1.165, 1.54) is 26.5 Å². The maximum Gasteiger partial charge on any atom is 0.410 e. The number of nitrogens with one attached hydrogen (secondary N) is 1. The number of carbonyl (C=O) groups is 1. The highest BCUT2D eigenvalue weighted by molar-refractivity contribution is 7.99. The van der Waals surface area contributed by atoms with E-state index in [1.54, 1.807) is 23.9 Å². The number of piperazine rings is 1. The van der Waals surface area contributed by atoms with Crippen molar-refractivity contribution in [1.29, 1.82) is 0 Å². The van der Waals surface area contributed by atoms with Gasteiger partial charge in [0, 0.05) is 21.8 Å². The fourth-order valence-electron chi connectivity index (χ4n) is 4.44. The minimum absolute atomic E-state index is 0.185. The molecule has 0 spiro atoms. The van der Waals surface area contributed by atoms with Crippen molar-refractivity contribution in [3.8, 4) is 0 Å². The molecule has 2 aromatic carbocycles. The molecule has 1 N–H and O–H groups in total. The molecule has 160 valence electrons. The number of hydrogen-bond donors (Lipinski definition) is 1. The summed E-state index contributed by atoms with van der Waals surface area (Å²) in [4.78, 5) is 17.6. The Morgan fingerprint density at radius 2 is 1.97 bits per heavy atom. The second-order valence-corrected chi connectivity index (χ2v) is 9.49. The van der Waals surface area contributed by atoms with Crippen LogP contribution >= 0.6 is 11.8 Å². The Hall–Kier alpha value is -2.05. The Morgan fingerprint density at radius 3 is 2.67 bits per heavy atom. The molecule has 1 saturated heterocycles. The van der Waals surface area contributed by atoms with Gasteiger partial charge >= 0.3 is 6.09 Å². The van der Waals surface area contributed by atoms with Gasteiger partial charge in [-0.3, -0.25) is 4.90 Å². The lowest BCUT2D eigenvalue weighted by Crippen LogP contribution is -3.15. The summed E-state index contributed by atoms with van der Waals surface area (Å²) in [5.74, 6) is 0.273. The number of ether oxygens (including phenoxy) is 1. The van der Waals surface area contributed by atoms with E-state index in [2.05, 4.69) is 32.0 Å². The van der Waals surface area contributed by atoms with Crippen LogP contribution in [-0.4, -0.2) is 43.8 Å². The number of benzene rings is 2. The van der Waals surface area contributed by atoms with Gasteiger partial charge in [-0.15, -0.1) is 0 Å². The van der Waals surface area contributed by atoms with Crippen molar-refractivity contribution in [2.24, 2.45) is 0 Å². The Bertz CT molecular complexity index is 925. The number of hydrogen-bond acceptors (Lipinski definition) is 3. The van der Waals surface area contributed by atoms with Crippen molar-refractivity contribution >= 4 is 17.9 Å². The lowest BCUT2D eigenvalue weighted by atomic mass is 9.93. The molecule has 4 rings (SSSR count). The number of carbonyl (C=O) groups excluding carboxylic acids is 1. The topological polar surface area (TPSA) is 34.0 Å². The third-order valence-corrected chi connectivity index (χ3v) is 7.37. The van der Waals surface area contributed by atoms with E-state index in [1.807, 2.05) is 17.9 Å². The molecule has 2 heterocycles. The number of quaternary nitrogens is 1. The number of amides is 1. The first-order valence-corrected chi connectivity index (χ1v) is 11.6. The standard InChI is InChI=1S/C24H29FN2O2S/c1-4-29-24(28)27-11-9-26(10-12-27)21-14-18-5-7-19(25)15-23(18)30-22-8-6-17(16(2)3)13-20(21)22/h5-8,13,15-16,21H,4,9-12,14H2,1-3H3/p+1/t21-/m1/s1. The largest absolute Gasteiger partial charge is 0.450 e. The van der Waals surface area contributed by atoms with Gasteiger partial charge in [-0.25, -0.2) is 9.18 Å². The van der Waals surface area contributed by atoms with Crippen LogP contribution in [0.3, 0.4) is 0 Å². The zero-order valence-electron chi connectivity index (χ0n) is 17.9. The molecule has 0 unspecified atom stereocenters. The Labute approximate surface area is 182 Å². The third kappa shape index (κ3) is 4.35. The van der Waals surface area contributed by atoms with Gasteiger partial charge in [0.15, 0.2) is 0 Å². The Kier molecular flexibility index (Phi) is 6.34. The second-order valence-electron chi connectivity index (χ2n) is 8.41. The first-order chi connectivity index (χ1) is 14.5. The normalized spacial score (nSPS) is 19.2. The van der Waals surface area contributed by atoms with Crippen molar-refractivity contribution < 1.29 is 18.8 Å². The molecule has 0 radical (unpaired) electrons. The van der Waals surface area contributed by atoms with Crippen LogP contribution in [0.15, 0.2) is 46.2 Å². The monoisotopic (exact) mass is 429 g/mol. The summed E-state index contributed by atoms with van der Waals surface area (Å²) in [5, 5.41) is 0. The fourth-order valence-corrected chi connectivity index (χ4v) is 5.58. The second kappa shape index (κ2) is 8.98. The minimum Gasteiger partial charge on any atom is -0.450 e. The van der Waals surface area contributed by atoms with Crippen LogP contribution in [0.25, 0.3) is 0 Å². The highest BCUT2D eigenvalue weighted by atomic mass is 32.2. The van der Waals surface area contributed by atoms with Crippen LogP contribution in [0, 0.1) is 5.82 Å². The molecular formula is C24H30FN2O2S+. The SMILES string of the molecule is CCOC(=O)N1CC[NH+]([C@@H]2Cc3ccc(F)cc3Sc3ccc(C(C)C)cc32)CC1. The van der Waals surface area contributed by atoms with Gasteiger partial charge in [-0.2, -0.15) is 0 Å². The molecule has 6 heteroatoms. The van der Waals surface area contributed by atoms with Gasteiger partial charge in [0.2, 0.25) is 0 Å². The lowest BCUT2D eigenvalue weighted by molar-refractivity contribution is -0.935. The molecule has 1 amide bonds. The van der Waals surface area contributed by atoms with E-state index in [-0.39, 0.29) is 11.9 Å². The van der Waals surface area contributed by atoms with Gasteiger partial charge in [0.1, 0.15) is 11.9 Å². The van der Waals surface area contributed by atoms with Gasteiger partial charge in [0.25, 0.3) is 0 Å². The van der Waals surface area contributed by atoms with E-state index < -0.39 is 0 Å². The van der Waals surface area contributed by atoms with Crippen molar-refractivity contribution in [2.45, 2.75) is 48.9 Å². The molecule has 2 aromatic rings. The quantitative estimate of drug-likeness (QED) is 0.799. The molecule has 2 aliphatic heterocycles. The predicted octanol–water partition coefficient (Wildman–Crippen LogP) is 4.05. The maximum absolute atomic E-state index is 13.9. The van der Waals surface area contributed by atoms with Gasteiger partial charge in [0.05, 0.1) is 32.8 Å². The van der Waals surface area contributed by atoms with E-state index in [4.69, 9.17) is 4.74 Å². The first-order valence-electron chi connectivity index (χ1n) is 10.8. The number of halogens is 1. The highest BCUT2D eigenvalue weighted by Gasteiger charge is 2.34. The molecule has 0 saturated carbocycles. The van der Waals surface area contributed by atoms with Crippen LogP contribution in [0.1, 0.15) is 49.4 Å². The lowest BCUT2D eigenvalue weighted by Gasteiger charge is -2.36. The van der Waals surface area contributed by atoms with Crippen molar-refractivity contribution in [3.05, 3.63) is 58.9 Å². The van der Waals surface area contributed by atoms with Crippen molar-refractivity contribution in [2.75, 3.05) is 32.8 Å². The summed E-state index contributed by atoms with van der Waals surface area (Å²) < 4.78 is 19.1. The molecular weight excluding hydrogens is 399 g/mol. The number of fused-ring (bicyclic) bond motifs is 2. The van der Waals surface area contributed by atoms with Crippen LogP contribution in [0.2, 0.25) is 0 Å². The smallest absolute Gasteiger partial charge is 0.410 e. The molecule has 0 aliphatic carbocycles. The Balaban J connectivity index is 1.65. The maximum atomic E-state index is 13.9. The minimum atomic E-state index is -0.212. The third-order valence-electron chi connectivity index (χ3n) is 6.17. The van der Waals surface area contributed by atoms with Crippen molar-refractivity contribution in [1.82, 2.24) is 4.90 Å². The summed E-state index contributed by atoms with van der Waals surface area (Å²) in [7, 11) is 0. The molecule has 0 bridgehead atoms. The van der Waals surface area contributed by atoms with Crippen LogP contribution in [-0.2, 0) is 11.2 Å². The summed E-state index contributed by atoms with van der Waals surface area (Å²) in [6, 6.07) is 12.2. The van der Waals surface area contributed by atoms with Crippen LogP contribution in [0.4, 0.5) is 9.18 Å². The van der Waals surface area contributed by atoms with E-state index in [0.717, 1.165) is 24.4 Å². The van der Waals surface area contributed by atoms with E-state index in [9.17, 15) is 9.18 Å². The summed E-state index contributed by atoms with van der Waals surface area (Å²) >= 11 is 1.68. The van der Waals surface area contributed by atoms with Crippen LogP contribution in [0.5, 0.6) is 0 Å². The number of rotatable bonds is 3. The molecule has 2 aliphatic rings. The zero-order chi connectivity index (χ0) is 21.3. The fraction of sp³-hybridized carbons (Fsp3) is 0.458. The van der Waals surface area contributed by atoms with Crippen molar-refractivity contribution in [3.63, 3.8) is 0 Å². The highest BCUT2D eigenvalue weighted by Crippen LogP contribution is 2.41. The molecule has 0 aromatic heterocycles. The molecule has 30 heavy (non-hydrogen) atoms. The molecule has 1 fully saturated rings. The van der Waals surface area contributed by atoms with E-state index >= 15 is 0 Å². The Morgan fingerprint density at radius 1 is 1.20 bits per heavy atom. The number of nitrogens with zero attached hydrogens (tertiary/aromatic N) is 1. The summed E-state index contributed by atoms with van der Waals surface area (Å²) in [6.07, 6.45) is 0.669. The zero-order valence-corrected chi connectivity index (χ0v) is 18.7. The van der Waals surface area contributed by atoms with Crippen LogP contribution < -0.4 is 4.90 Å². The molecule has 1 atom stereocenters.